The molecule has 3 aromatic rings. The Morgan fingerprint density at radius 2 is 1.86 bits per heavy atom. The molecule has 3 rings (SSSR count). The first-order chi connectivity index (χ1) is 13.3. The second-order valence-corrected chi connectivity index (χ2v) is 7.42. The van der Waals surface area contributed by atoms with E-state index in [2.05, 4.69) is 15.6 Å². The highest BCUT2D eigenvalue weighted by atomic mass is 35.5. The predicted octanol–water partition coefficient (Wildman–Crippen LogP) is 4.16. The fourth-order valence-electron chi connectivity index (χ4n) is 2.95. The zero-order valence-corrected chi connectivity index (χ0v) is 16.8. The number of carbonyl (C=O) groups excluding carboxylic acids is 2. The third-order valence-electron chi connectivity index (χ3n) is 4.36. The van der Waals surface area contributed by atoms with Crippen LogP contribution >= 0.6 is 11.6 Å². The van der Waals surface area contributed by atoms with Crippen LogP contribution in [0.25, 0.3) is 11.0 Å². The third kappa shape index (κ3) is 4.51. The maximum atomic E-state index is 12.6. The number of para-hydroxylation sites is 2. The third-order valence-corrected chi connectivity index (χ3v) is 4.60. The first-order valence-electron chi connectivity index (χ1n) is 9.16. The highest BCUT2D eigenvalue weighted by Gasteiger charge is 2.21. The number of anilines is 1. The van der Waals surface area contributed by atoms with Gasteiger partial charge in [-0.25, -0.2) is 4.98 Å². The first-order valence-corrected chi connectivity index (χ1v) is 9.54. The van der Waals surface area contributed by atoms with Gasteiger partial charge < -0.3 is 15.2 Å². The molecule has 1 atom stereocenters. The number of halogens is 1. The average molecular weight is 399 g/mol. The molecule has 7 heteroatoms. The summed E-state index contributed by atoms with van der Waals surface area (Å²) in [4.78, 5) is 29.4. The van der Waals surface area contributed by atoms with Crippen molar-refractivity contribution in [2.24, 2.45) is 5.92 Å². The second-order valence-electron chi connectivity index (χ2n) is 6.99. The number of fused-ring (bicyclic) bond motifs is 1. The lowest BCUT2D eigenvalue weighted by Crippen LogP contribution is -2.32. The Labute approximate surface area is 168 Å². The molecule has 0 bridgehead atoms. The SMILES string of the molecule is CC(C)C(=O)NC(C)c1nc2ccccc2n1CC(=O)Nc1cccc(Cl)c1. The van der Waals surface area contributed by atoms with Crippen LogP contribution in [0, 0.1) is 5.92 Å². The number of benzene rings is 2. The lowest BCUT2D eigenvalue weighted by atomic mass is 10.2. The lowest BCUT2D eigenvalue weighted by Gasteiger charge is -2.17. The Hall–Kier alpha value is -2.86. The second kappa shape index (κ2) is 8.44. The van der Waals surface area contributed by atoms with Crippen LogP contribution in [-0.4, -0.2) is 21.4 Å². The molecule has 0 aliphatic heterocycles. The van der Waals surface area contributed by atoms with Crippen LogP contribution in [-0.2, 0) is 16.1 Å². The minimum atomic E-state index is -0.332. The molecule has 0 aliphatic rings. The molecule has 2 aromatic carbocycles. The Bertz CT molecular complexity index is 1010. The number of nitrogens with zero attached hydrogens (tertiary/aromatic N) is 2. The molecule has 146 valence electrons. The molecular formula is C21H23ClN4O2. The molecule has 1 aromatic heterocycles. The molecule has 0 saturated heterocycles. The largest absolute Gasteiger partial charge is 0.346 e. The van der Waals surface area contributed by atoms with E-state index in [1.54, 1.807) is 24.3 Å². The van der Waals surface area contributed by atoms with Gasteiger partial charge in [0.05, 0.1) is 17.1 Å². The first kappa shape index (κ1) is 19.9. The topological polar surface area (TPSA) is 76.0 Å². The molecule has 28 heavy (non-hydrogen) atoms. The van der Waals surface area contributed by atoms with E-state index >= 15 is 0 Å². The monoisotopic (exact) mass is 398 g/mol. The van der Waals surface area contributed by atoms with E-state index in [0.29, 0.717) is 16.5 Å². The number of amides is 2. The van der Waals surface area contributed by atoms with Gasteiger partial charge in [-0.3, -0.25) is 9.59 Å². The fourth-order valence-corrected chi connectivity index (χ4v) is 3.14. The predicted molar refractivity (Wildman–Crippen MR) is 111 cm³/mol. The van der Waals surface area contributed by atoms with Crippen LogP contribution in [0.5, 0.6) is 0 Å². The van der Waals surface area contributed by atoms with E-state index in [4.69, 9.17) is 11.6 Å². The number of rotatable bonds is 6. The Morgan fingerprint density at radius 1 is 1.11 bits per heavy atom. The molecule has 0 aliphatic carbocycles. The minimum absolute atomic E-state index is 0.0607. The van der Waals surface area contributed by atoms with Crippen molar-refractivity contribution in [3.8, 4) is 0 Å². The highest BCUT2D eigenvalue weighted by molar-refractivity contribution is 6.30. The summed E-state index contributed by atoms with van der Waals surface area (Å²) in [7, 11) is 0. The molecule has 1 heterocycles. The lowest BCUT2D eigenvalue weighted by molar-refractivity contribution is -0.124. The van der Waals surface area contributed by atoms with Crippen molar-refractivity contribution in [2.45, 2.75) is 33.4 Å². The van der Waals surface area contributed by atoms with Crippen LogP contribution in [0.2, 0.25) is 5.02 Å². The van der Waals surface area contributed by atoms with Gasteiger partial charge in [-0.2, -0.15) is 0 Å². The zero-order chi connectivity index (χ0) is 20.3. The van der Waals surface area contributed by atoms with E-state index in [0.717, 1.165) is 11.0 Å². The highest BCUT2D eigenvalue weighted by Crippen LogP contribution is 2.22. The summed E-state index contributed by atoms with van der Waals surface area (Å²) >= 11 is 5.98. The molecule has 0 fully saturated rings. The van der Waals surface area contributed by atoms with Crippen LogP contribution in [0.4, 0.5) is 5.69 Å². The molecule has 0 saturated carbocycles. The number of aromatic nitrogens is 2. The summed E-state index contributed by atoms with van der Waals surface area (Å²) in [5.74, 6) is 0.242. The van der Waals surface area contributed by atoms with Gasteiger partial charge in [0.2, 0.25) is 11.8 Å². The van der Waals surface area contributed by atoms with E-state index in [9.17, 15) is 9.59 Å². The summed E-state index contributed by atoms with van der Waals surface area (Å²) in [6.45, 7) is 5.62. The van der Waals surface area contributed by atoms with Gasteiger partial charge in [0.1, 0.15) is 12.4 Å². The van der Waals surface area contributed by atoms with Gasteiger partial charge in [0, 0.05) is 16.6 Å². The summed E-state index contributed by atoms with van der Waals surface area (Å²) in [6.07, 6.45) is 0. The van der Waals surface area contributed by atoms with Crippen molar-refractivity contribution < 1.29 is 9.59 Å². The van der Waals surface area contributed by atoms with Crippen molar-refractivity contribution >= 4 is 40.1 Å². The number of imidazole rings is 1. The van der Waals surface area contributed by atoms with Crippen LogP contribution < -0.4 is 10.6 Å². The van der Waals surface area contributed by atoms with Gasteiger partial charge in [-0.15, -0.1) is 0 Å². The van der Waals surface area contributed by atoms with E-state index < -0.39 is 0 Å². The number of nitrogens with one attached hydrogen (secondary N) is 2. The van der Waals surface area contributed by atoms with Gasteiger partial charge in [-0.1, -0.05) is 43.6 Å². The van der Waals surface area contributed by atoms with Crippen molar-refractivity contribution in [3.63, 3.8) is 0 Å². The number of carbonyl (C=O) groups is 2. The van der Waals surface area contributed by atoms with Crippen LogP contribution in [0.15, 0.2) is 48.5 Å². The summed E-state index contributed by atoms with van der Waals surface area (Å²) in [6, 6.07) is 14.3. The van der Waals surface area contributed by atoms with Crippen molar-refractivity contribution in [3.05, 3.63) is 59.4 Å². The van der Waals surface area contributed by atoms with Crippen LogP contribution in [0.3, 0.4) is 0 Å². The quantitative estimate of drug-likeness (QED) is 0.654. The Morgan fingerprint density at radius 3 is 2.57 bits per heavy atom. The normalized spacial score (nSPS) is 12.2. The van der Waals surface area contributed by atoms with E-state index in [1.807, 2.05) is 49.6 Å². The van der Waals surface area contributed by atoms with Gasteiger partial charge in [0.25, 0.3) is 0 Å². The molecule has 1 unspecified atom stereocenters. The number of hydrogen-bond donors (Lipinski definition) is 2. The zero-order valence-electron chi connectivity index (χ0n) is 16.1. The molecule has 2 N–H and O–H groups in total. The number of hydrogen-bond acceptors (Lipinski definition) is 3. The van der Waals surface area contributed by atoms with Crippen LogP contribution in [0.1, 0.15) is 32.6 Å². The summed E-state index contributed by atoms with van der Waals surface area (Å²) in [5.41, 5.74) is 2.24. The Balaban J connectivity index is 1.88. The standard InChI is InChI=1S/C21H23ClN4O2/c1-13(2)21(28)23-14(3)20-25-17-9-4-5-10-18(17)26(20)12-19(27)24-16-8-6-7-15(22)11-16/h4-11,13-14H,12H2,1-3H3,(H,23,28)(H,24,27). The maximum absolute atomic E-state index is 12.6. The average Bonchev–Trinajstić information content (AvgIpc) is 3.00. The van der Waals surface area contributed by atoms with Gasteiger partial charge >= 0.3 is 0 Å². The minimum Gasteiger partial charge on any atom is -0.346 e. The fraction of sp³-hybridized carbons (Fsp3) is 0.286. The van der Waals surface area contributed by atoms with Crippen molar-refractivity contribution in [2.75, 3.05) is 5.32 Å². The molecule has 0 spiro atoms. The van der Waals surface area contributed by atoms with Crippen molar-refractivity contribution in [1.29, 1.82) is 0 Å². The maximum Gasteiger partial charge on any atom is 0.244 e. The Kier molecular flexibility index (Phi) is 5.99. The summed E-state index contributed by atoms with van der Waals surface area (Å²) in [5, 5.41) is 6.36. The van der Waals surface area contributed by atoms with Gasteiger partial charge in [-0.05, 0) is 37.3 Å². The van der Waals surface area contributed by atoms with E-state index in [-0.39, 0.29) is 30.3 Å². The smallest absolute Gasteiger partial charge is 0.244 e. The van der Waals surface area contributed by atoms with Crippen molar-refractivity contribution in [1.82, 2.24) is 14.9 Å². The molecule has 2 amide bonds. The van der Waals surface area contributed by atoms with Gasteiger partial charge in [0.15, 0.2) is 0 Å². The summed E-state index contributed by atoms with van der Waals surface area (Å²) < 4.78 is 1.83. The molecular weight excluding hydrogens is 376 g/mol. The van der Waals surface area contributed by atoms with E-state index in [1.165, 1.54) is 0 Å². The molecule has 6 nitrogen and oxygen atoms in total. The molecule has 0 radical (unpaired) electrons.